The summed E-state index contributed by atoms with van der Waals surface area (Å²) < 4.78 is 2.35. The van der Waals surface area contributed by atoms with Gasteiger partial charge in [0.15, 0.2) is 0 Å². The number of nitrogens with one attached hydrogen (secondary N) is 1. The van der Waals surface area contributed by atoms with E-state index in [4.69, 9.17) is 4.98 Å². The molecule has 5 rings (SSSR count). The summed E-state index contributed by atoms with van der Waals surface area (Å²) in [5.74, 6) is 0.502. The third-order valence-electron chi connectivity index (χ3n) is 6.87. The fourth-order valence-corrected chi connectivity index (χ4v) is 5.42. The summed E-state index contributed by atoms with van der Waals surface area (Å²) in [6.45, 7) is 8.02. The van der Waals surface area contributed by atoms with Crippen molar-refractivity contribution < 1.29 is 4.79 Å². The molecule has 0 unspecified atom stereocenters. The molecule has 1 fully saturated rings. The minimum Gasteiger partial charge on any atom is -0.352 e. The number of amides is 1. The Labute approximate surface area is 209 Å². The average Bonchev–Trinajstić information content (AvgIpc) is 3.34. The Kier molecular flexibility index (Phi) is 6.43. The van der Waals surface area contributed by atoms with Crippen molar-refractivity contribution in [2.75, 3.05) is 18.0 Å². The Morgan fingerprint density at radius 2 is 1.89 bits per heavy atom. The van der Waals surface area contributed by atoms with Crippen LogP contribution in [0.15, 0.2) is 58.7 Å². The first-order valence-corrected chi connectivity index (χ1v) is 12.9. The molecule has 1 N–H and O–H groups in total. The quantitative estimate of drug-likeness (QED) is 0.436. The molecule has 3 heterocycles. The number of aryl methyl sites for hydroxylation is 3. The summed E-state index contributed by atoms with van der Waals surface area (Å²) in [6, 6.07) is 16.1. The Morgan fingerprint density at radius 3 is 2.66 bits per heavy atom. The maximum Gasteiger partial charge on any atom is 0.277 e. The first-order chi connectivity index (χ1) is 16.9. The second kappa shape index (κ2) is 9.66. The van der Waals surface area contributed by atoms with Crippen molar-refractivity contribution in [2.24, 2.45) is 5.92 Å². The van der Waals surface area contributed by atoms with E-state index in [2.05, 4.69) is 42.3 Å². The van der Waals surface area contributed by atoms with E-state index in [1.165, 1.54) is 22.5 Å². The molecule has 35 heavy (non-hydrogen) atoms. The molecule has 180 valence electrons. The topological polar surface area (TPSA) is 67.2 Å². The SMILES string of the molecule is Cc1ccc(-n2c(N3CCC[C@@H](C(=O)NCc4ccc(C)c(C)c4)C3)nc3ccsc3c2=O)cc1. The van der Waals surface area contributed by atoms with E-state index in [1.807, 2.05) is 42.6 Å². The highest BCUT2D eigenvalue weighted by molar-refractivity contribution is 7.17. The minimum atomic E-state index is -0.156. The van der Waals surface area contributed by atoms with Crippen LogP contribution in [0, 0.1) is 26.7 Å². The van der Waals surface area contributed by atoms with Gasteiger partial charge in [0, 0.05) is 19.6 Å². The minimum absolute atomic E-state index is 0.0498. The number of rotatable bonds is 5. The largest absolute Gasteiger partial charge is 0.352 e. The van der Waals surface area contributed by atoms with Crippen LogP contribution in [0.5, 0.6) is 0 Å². The van der Waals surface area contributed by atoms with Crippen molar-refractivity contribution in [1.82, 2.24) is 14.9 Å². The van der Waals surface area contributed by atoms with E-state index in [0.717, 1.165) is 36.2 Å². The van der Waals surface area contributed by atoms with Crippen LogP contribution in [-0.4, -0.2) is 28.5 Å². The third kappa shape index (κ3) is 4.73. The molecule has 2 aromatic heterocycles. The van der Waals surface area contributed by atoms with Gasteiger partial charge in [-0.3, -0.25) is 9.59 Å². The molecule has 0 bridgehead atoms. The van der Waals surface area contributed by atoms with Crippen molar-refractivity contribution in [1.29, 1.82) is 0 Å². The molecule has 1 aliphatic heterocycles. The van der Waals surface area contributed by atoms with E-state index < -0.39 is 0 Å². The van der Waals surface area contributed by atoms with Crippen LogP contribution in [0.3, 0.4) is 0 Å². The van der Waals surface area contributed by atoms with Gasteiger partial charge < -0.3 is 10.2 Å². The number of aromatic nitrogens is 2. The maximum absolute atomic E-state index is 13.5. The lowest BCUT2D eigenvalue weighted by atomic mass is 9.97. The van der Waals surface area contributed by atoms with Gasteiger partial charge in [0.25, 0.3) is 5.56 Å². The predicted molar refractivity (Wildman–Crippen MR) is 143 cm³/mol. The number of carbonyl (C=O) groups is 1. The van der Waals surface area contributed by atoms with Crippen molar-refractivity contribution in [3.8, 4) is 5.69 Å². The molecule has 6 nitrogen and oxygen atoms in total. The highest BCUT2D eigenvalue weighted by Gasteiger charge is 2.29. The summed E-state index contributed by atoms with van der Waals surface area (Å²) in [6.07, 6.45) is 1.69. The molecule has 7 heteroatoms. The van der Waals surface area contributed by atoms with Crippen LogP contribution in [-0.2, 0) is 11.3 Å². The van der Waals surface area contributed by atoms with Crippen molar-refractivity contribution in [3.05, 3.63) is 86.5 Å². The molecular weight excluding hydrogens is 456 g/mol. The number of nitrogens with zero attached hydrogens (tertiary/aromatic N) is 3. The van der Waals surface area contributed by atoms with Crippen LogP contribution >= 0.6 is 11.3 Å². The van der Waals surface area contributed by atoms with Gasteiger partial charge in [-0.1, -0.05) is 35.9 Å². The zero-order valence-corrected chi connectivity index (χ0v) is 21.2. The number of anilines is 1. The Morgan fingerprint density at radius 1 is 1.09 bits per heavy atom. The standard InChI is InChI=1S/C28H30N4O2S/c1-18-6-10-23(11-7-18)32-27(34)25-24(12-14-35-25)30-28(32)31-13-4-5-22(17-31)26(33)29-16-21-9-8-19(2)20(3)15-21/h6-12,14-15,22H,4-5,13,16-17H2,1-3H3,(H,29,33)/t22-/m1/s1. The van der Waals surface area contributed by atoms with Gasteiger partial charge >= 0.3 is 0 Å². The Bertz CT molecular complexity index is 1440. The molecular formula is C28H30N4O2S. The van der Waals surface area contributed by atoms with Gasteiger partial charge in [0.2, 0.25) is 11.9 Å². The van der Waals surface area contributed by atoms with Crippen LogP contribution in [0.1, 0.15) is 35.1 Å². The van der Waals surface area contributed by atoms with Crippen LogP contribution in [0.2, 0.25) is 0 Å². The lowest BCUT2D eigenvalue weighted by molar-refractivity contribution is -0.125. The summed E-state index contributed by atoms with van der Waals surface area (Å²) >= 11 is 1.41. The summed E-state index contributed by atoms with van der Waals surface area (Å²) in [5.41, 5.74) is 6.14. The molecule has 1 aliphatic rings. The molecule has 0 aliphatic carbocycles. The third-order valence-corrected chi connectivity index (χ3v) is 7.76. The van der Waals surface area contributed by atoms with Crippen molar-refractivity contribution in [2.45, 2.75) is 40.2 Å². The van der Waals surface area contributed by atoms with E-state index in [1.54, 1.807) is 4.57 Å². The number of thiophene rings is 1. The van der Waals surface area contributed by atoms with Crippen LogP contribution in [0.4, 0.5) is 5.95 Å². The number of piperidine rings is 1. The van der Waals surface area contributed by atoms with E-state index >= 15 is 0 Å². The molecule has 1 atom stereocenters. The van der Waals surface area contributed by atoms with Gasteiger partial charge in [-0.25, -0.2) is 9.55 Å². The van der Waals surface area contributed by atoms with Crippen molar-refractivity contribution in [3.63, 3.8) is 0 Å². The first-order valence-electron chi connectivity index (χ1n) is 12.1. The second-order valence-corrected chi connectivity index (χ2v) is 10.4. The Hall–Kier alpha value is -3.45. The molecule has 2 aromatic carbocycles. The summed E-state index contributed by atoms with van der Waals surface area (Å²) in [7, 11) is 0. The summed E-state index contributed by atoms with van der Waals surface area (Å²) in [4.78, 5) is 33.6. The molecule has 0 radical (unpaired) electrons. The number of carbonyl (C=O) groups excluding carboxylic acids is 1. The zero-order valence-electron chi connectivity index (χ0n) is 20.4. The van der Waals surface area contributed by atoms with Gasteiger partial charge in [0.1, 0.15) is 4.70 Å². The monoisotopic (exact) mass is 486 g/mol. The zero-order chi connectivity index (χ0) is 24.5. The molecule has 0 saturated carbocycles. The van der Waals surface area contributed by atoms with E-state index in [-0.39, 0.29) is 17.4 Å². The first kappa shape index (κ1) is 23.3. The van der Waals surface area contributed by atoms with Crippen molar-refractivity contribution >= 4 is 33.4 Å². The number of hydrogen-bond acceptors (Lipinski definition) is 5. The molecule has 0 spiro atoms. The van der Waals surface area contributed by atoms with Gasteiger partial charge in [-0.15, -0.1) is 11.3 Å². The number of benzene rings is 2. The van der Waals surface area contributed by atoms with Gasteiger partial charge in [0.05, 0.1) is 17.1 Å². The maximum atomic E-state index is 13.5. The van der Waals surface area contributed by atoms with E-state index in [9.17, 15) is 9.59 Å². The summed E-state index contributed by atoms with van der Waals surface area (Å²) in [5, 5.41) is 5.03. The lowest BCUT2D eigenvalue weighted by Crippen LogP contribution is -2.45. The Balaban J connectivity index is 1.41. The van der Waals surface area contributed by atoms with Gasteiger partial charge in [-0.05, 0) is 73.9 Å². The number of hydrogen-bond donors (Lipinski definition) is 1. The lowest BCUT2D eigenvalue weighted by Gasteiger charge is -2.34. The normalized spacial score (nSPS) is 16.0. The van der Waals surface area contributed by atoms with Gasteiger partial charge in [-0.2, -0.15) is 0 Å². The highest BCUT2D eigenvalue weighted by Crippen LogP contribution is 2.27. The van der Waals surface area contributed by atoms with E-state index in [0.29, 0.717) is 29.3 Å². The average molecular weight is 487 g/mol. The highest BCUT2D eigenvalue weighted by atomic mass is 32.1. The fourth-order valence-electron chi connectivity index (χ4n) is 4.66. The molecule has 1 saturated heterocycles. The fraction of sp³-hybridized carbons (Fsp3) is 0.321. The number of fused-ring (bicyclic) bond motifs is 1. The van der Waals surface area contributed by atoms with Crippen LogP contribution < -0.4 is 15.8 Å². The predicted octanol–water partition coefficient (Wildman–Crippen LogP) is 4.91. The molecule has 4 aromatic rings. The van der Waals surface area contributed by atoms with Crippen LogP contribution in [0.25, 0.3) is 15.9 Å². The smallest absolute Gasteiger partial charge is 0.277 e. The molecule has 1 amide bonds. The second-order valence-electron chi connectivity index (χ2n) is 9.44.